The summed E-state index contributed by atoms with van der Waals surface area (Å²) in [6.45, 7) is 3.02. The Hall–Kier alpha value is -2.26. The van der Waals surface area contributed by atoms with Gasteiger partial charge in [-0.2, -0.15) is 0 Å². The third-order valence-corrected chi connectivity index (χ3v) is 3.37. The van der Waals surface area contributed by atoms with Gasteiger partial charge in [0.15, 0.2) is 0 Å². The van der Waals surface area contributed by atoms with E-state index < -0.39 is 0 Å². The van der Waals surface area contributed by atoms with Gasteiger partial charge in [-0.05, 0) is 36.2 Å². The van der Waals surface area contributed by atoms with Gasteiger partial charge < -0.3 is 14.9 Å². The molecule has 0 fully saturated rings. The Morgan fingerprint density at radius 2 is 1.95 bits per heavy atom. The summed E-state index contributed by atoms with van der Waals surface area (Å²) in [4.78, 5) is 0. The SMILES string of the molecule is Cc1cccc(OCc2coc3cccc(CN)c23)c1. The van der Waals surface area contributed by atoms with Gasteiger partial charge in [-0.3, -0.25) is 0 Å². The van der Waals surface area contributed by atoms with Crippen LogP contribution in [0.25, 0.3) is 11.0 Å². The Morgan fingerprint density at radius 3 is 2.75 bits per heavy atom. The summed E-state index contributed by atoms with van der Waals surface area (Å²) < 4.78 is 11.4. The summed E-state index contributed by atoms with van der Waals surface area (Å²) in [5, 5.41) is 1.07. The van der Waals surface area contributed by atoms with E-state index in [1.54, 1.807) is 6.26 Å². The molecule has 20 heavy (non-hydrogen) atoms. The maximum atomic E-state index is 5.84. The van der Waals surface area contributed by atoms with Crippen LogP contribution in [-0.2, 0) is 13.2 Å². The molecule has 0 saturated heterocycles. The second-order valence-corrected chi connectivity index (χ2v) is 4.86. The maximum absolute atomic E-state index is 5.84. The fraction of sp³-hybridized carbons (Fsp3) is 0.176. The average Bonchev–Trinajstić information content (AvgIpc) is 2.88. The van der Waals surface area contributed by atoms with Crippen molar-refractivity contribution in [1.29, 1.82) is 0 Å². The van der Waals surface area contributed by atoms with Crippen LogP contribution in [0.2, 0.25) is 0 Å². The summed E-state index contributed by atoms with van der Waals surface area (Å²) in [5.41, 5.74) is 9.94. The first-order chi connectivity index (χ1) is 9.78. The van der Waals surface area contributed by atoms with Crippen LogP contribution in [0.15, 0.2) is 53.1 Å². The van der Waals surface area contributed by atoms with E-state index >= 15 is 0 Å². The predicted molar refractivity (Wildman–Crippen MR) is 79.6 cm³/mol. The zero-order valence-electron chi connectivity index (χ0n) is 11.4. The number of rotatable bonds is 4. The fourth-order valence-corrected chi connectivity index (χ4v) is 2.38. The van der Waals surface area contributed by atoms with Gasteiger partial charge in [-0.1, -0.05) is 24.3 Å². The normalized spacial score (nSPS) is 10.9. The molecule has 2 N–H and O–H groups in total. The van der Waals surface area contributed by atoms with Crippen LogP contribution >= 0.6 is 0 Å². The summed E-state index contributed by atoms with van der Waals surface area (Å²) in [7, 11) is 0. The highest BCUT2D eigenvalue weighted by molar-refractivity contribution is 5.84. The van der Waals surface area contributed by atoms with Crippen molar-refractivity contribution >= 4 is 11.0 Å². The highest BCUT2D eigenvalue weighted by Gasteiger charge is 2.10. The maximum Gasteiger partial charge on any atom is 0.134 e. The monoisotopic (exact) mass is 267 g/mol. The van der Waals surface area contributed by atoms with Crippen LogP contribution in [-0.4, -0.2) is 0 Å². The quantitative estimate of drug-likeness (QED) is 0.782. The molecule has 0 aliphatic carbocycles. The lowest BCUT2D eigenvalue weighted by Crippen LogP contribution is -1.99. The predicted octanol–water partition coefficient (Wildman–Crippen LogP) is 3.78. The standard InChI is InChI=1S/C17H17NO2/c1-12-4-2-6-15(8-12)19-10-14-11-20-16-7-3-5-13(9-18)17(14)16/h2-8,11H,9-10,18H2,1H3. The van der Waals surface area contributed by atoms with Crippen LogP contribution in [0.5, 0.6) is 5.75 Å². The van der Waals surface area contributed by atoms with Gasteiger partial charge in [0.05, 0.1) is 6.26 Å². The third-order valence-electron chi connectivity index (χ3n) is 3.37. The van der Waals surface area contributed by atoms with Crippen LogP contribution in [0.3, 0.4) is 0 Å². The Bertz CT molecular complexity index is 731. The Balaban J connectivity index is 1.88. The lowest BCUT2D eigenvalue weighted by molar-refractivity contribution is 0.305. The van der Waals surface area contributed by atoms with Gasteiger partial charge >= 0.3 is 0 Å². The number of fused-ring (bicyclic) bond motifs is 1. The van der Waals surface area contributed by atoms with Gasteiger partial charge in [-0.15, -0.1) is 0 Å². The minimum atomic E-state index is 0.480. The smallest absolute Gasteiger partial charge is 0.134 e. The largest absolute Gasteiger partial charge is 0.489 e. The van der Waals surface area contributed by atoms with Crippen LogP contribution in [0.1, 0.15) is 16.7 Å². The number of hydrogen-bond acceptors (Lipinski definition) is 3. The number of benzene rings is 2. The lowest BCUT2D eigenvalue weighted by Gasteiger charge is -2.07. The Labute approximate surface area is 118 Å². The topological polar surface area (TPSA) is 48.4 Å². The molecule has 1 heterocycles. The highest BCUT2D eigenvalue weighted by Crippen LogP contribution is 2.26. The molecule has 0 amide bonds. The van der Waals surface area contributed by atoms with Gasteiger partial charge in [0.2, 0.25) is 0 Å². The number of nitrogens with two attached hydrogens (primary N) is 1. The molecule has 102 valence electrons. The summed E-state index contributed by atoms with van der Waals surface area (Å²) in [5.74, 6) is 0.865. The Morgan fingerprint density at radius 1 is 1.10 bits per heavy atom. The molecule has 1 aromatic heterocycles. The van der Waals surface area contributed by atoms with Crippen LogP contribution in [0, 0.1) is 6.92 Å². The van der Waals surface area contributed by atoms with E-state index in [4.69, 9.17) is 14.9 Å². The molecule has 3 heteroatoms. The second kappa shape index (κ2) is 5.39. The molecule has 0 spiro atoms. The van der Waals surface area contributed by atoms with Crippen molar-refractivity contribution in [2.24, 2.45) is 5.73 Å². The number of ether oxygens (including phenoxy) is 1. The van der Waals surface area contributed by atoms with Crippen molar-refractivity contribution in [1.82, 2.24) is 0 Å². The lowest BCUT2D eigenvalue weighted by atomic mass is 10.1. The number of aryl methyl sites for hydroxylation is 1. The van der Waals surface area contributed by atoms with Crippen molar-refractivity contribution in [3.8, 4) is 5.75 Å². The van der Waals surface area contributed by atoms with E-state index in [1.165, 1.54) is 5.56 Å². The summed E-state index contributed by atoms with van der Waals surface area (Å²) in [6.07, 6.45) is 1.75. The third kappa shape index (κ3) is 2.40. The molecule has 3 nitrogen and oxygen atoms in total. The molecule has 0 aliphatic heterocycles. The number of furan rings is 1. The van der Waals surface area contributed by atoms with Crippen molar-refractivity contribution in [2.75, 3.05) is 0 Å². The van der Waals surface area contributed by atoms with Crippen molar-refractivity contribution in [2.45, 2.75) is 20.1 Å². The summed E-state index contributed by atoms with van der Waals surface area (Å²) >= 11 is 0. The molecule has 0 saturated carbocycles. The zero-order chi connectivity index (χ0) is 13.9. The molecular weight excluding hydrogens is 250 g/mol. The van der Waals surface area contributed by atoms with E-state index in [0.717, 1.165) is 27.8 Å². The molecular formula is C17H17NO2. The first kappa shape index (κ1) is 12.8. The van der Waals surface area contributed by atoms with E-state index in [-0.39, 0.29) is 0 Å². The highest BCUT2D eigenvalue weighted by atomic mass is 16.5. The second-order valence-electron chi connectivity index (χ2n) is 4.86. The fourth-order valence-electron chi connectivity index (χ4n) is 2.38. The molecule has 0 radical (unpaired) electrons. The van der Waals surface area contributed by atoms with Gasteiger partial charge in [-0.25, -0.2) is 0 Å². The summed E-state index contributed by atoms with van der Waals surface area (Å²) in [6, 6.07) is 13.9. The molecule has 0 aliphatic rings. The van der Waals surface area contributed by atoms with Crippen LogP contribution in [0.4, 0.5) is 0 Å². The first-order valence-corrected chi connectivity index (χ1v) is 6.65. The molecule has 3 aromatic rings. The minimum absolute atomic E-state index is 0.480. The molecule has 3 rings (SSSR count). The molecule has 0 unspecified atom stereocenters. The average molecular weight is 267 g/mol. The van der Waals surface area contributed by atoms with Crippen molar-refractivity contribution < 1.29 is 9.15 Å². The zero-order valence-corrected chi connectivity index (χ0v) is 11.4. The number of hydrogen-bond donors (Lipinski definition) is 1. The molecule has 0 bridgehead atoms. The van der Waals surface area contributed by atoms with E-state index in [1.807, 2.05) is 49.4 Å². The van der Waals surface area contributed by atoms with Gasteiger partial charge in [0.1, 0.15) is 17.9 Å². The van der Waals surface area contributed by atoms with E-state index in [2.05, 4.69) is 0 Å². The van der Waals surface area contributed by atoms with E-state index in [9.17, 15) is 0 Å². The van der Waals surface area contributed by atoms with Crippen molar-refractivity contribution in [3.63, 3.8) is 0 Å². The van der Waals surface area contributed by atoms with E-state index in [0.29, 0.717) is 13.2 Å². The molecule has 0 atom stereocenters. The Kier molecular flexibility index (Phi) is 3.44. The van der Waals surface area contributed by atoms with Gasteiger partial charge in [0.25, 0.3) is 0 Å². The van der Waals surface area contributed by atoms with Crippen LogP contribution < -0.4 is 10.5 Å². The first-order valence-electron chi connectivity index (χ1n) is 6.65. The molecule has 2 aromatic carbocycles. The van der Waals surface area contributed by atoms with Gasteiger partial charge in [0, 0.05) is 17.5 Å². The minimum Gasteiger partial charge on any atom is -0.489 e. The van der Waals surface area contributed by atoms with Crippen molar-refractivity contribution in [3.05, 3.63) is 65.4 Å².